The van der Waals surface area contributed by atoms with E-state index in [4.69, 9.17) is 0 Å². The van der Waals surface area contributed by atoms with Gasteiger partial charge >= 0.3 is 0 Å². The summed E-state index contributed by atoms with van der Waals surface area (Å²) >= 11 is 0. The van der Waals surface area contributed by atoms with Crippen molar-refractivity contribution in [2.75, 3.05) is 0 Å². The molecule has 2 aliphatic rings. The van der Waals surface area contributed by atoms with Crippen molar-refractivity contribution in [3.8, 4) is 11.1 Å². The van der Waals surface area contributed by atoms with E-state index in [9.17, 15) is 0 Å². The normalized spacial score (nSPS) is 17.9. The summed E-state index contributed by atoms with van der Waals surface area (Å²) in [5, 5.41) is 0. The van der Waals surface area contributed by atoms with Gasteiger partial charge in [0.25, 0.3) is 0 Å². The summed E-state index contributed by atoms with van der Waals surface area (Å²) in [5.41, 5.74) is 13.0. The van der Waals surface area contributed by atoms with Gasteiger partial charge in [0.05, 0.1) is 0 Å². The highest BCUT2D eigenvalue weighted by molar-refractivity contribution is 6.01. The van der Waals surface area contributed by atoms with Gasteiger partial charge in [-0.15, -0.1) is 0 Å². The van der Waals surface area contributed by atoms with Gasteiger partial charge in [0.1, 0.15) is 0 Å². The van der Waals surface area contributed by atoms with Crippen molar-refractivity contribution in [2.24, 2.45) is 0 Å². The second kappa shape index (κ2) is 6.92. The number of aromatic nitrogens is 1. The fraction of sp³-hybridized carbons (Fsp3) is 0.367. The fourth-order valence-electron chi connectivity index (χ4n) is 6.06. The molecule has 0 fully saturated rings. The number of rotatable bonds is 3. The van der Waals surface area contributed by atoms with Crippen molar-refractivity contribution >= 4 is 11.1 Å². The number of hydrogen-bond acceptors (Lipinski definition) is 0. The van der Waals surface area contributed by atoms with Gasteiger partial charge in [-0.3, -0.25) is 0 Å². The highest BCUT2D eigenvalue weighted by Crippen LogP contribution is 2.56. The zero-order chi connectivity index (χ0) is 22.0. The molecular weight excluding hydrogens is 374 g/mol. The maximum atomic E-state index is 2.62. The molecule has 1 aliphatic carbocycles. The molecule has 2 heterocycles. The van der Waals surface area contributed by atoms with Crippen LogP contribution < -0.4 is 4.57 Å². The van der Waals surface area contributed by atoms with Gasteiger partial charge in [-0.2, -0.15) is 4.57 Å². The summed E-state index contributed by atoms with van der Waals surface area (Å²) in [4.78, 5) is 0. The highest BCUT2D eigenvalue weighted by Gasteiger charge is 2.52. The minimum Gasteiger partial charge on any atom is -0.193 e. The van der Waals surface area contributed by atoms with Gasteiger partial charge in [0.15, 0.2) is 11.7 Å². The van der Waals surface area contributed by atoms with E-state index in [1.807, 2.05) is 0 Å². The van der Waals surface area contributed by atoms with Crippen molar-refractivity contribution in [1.82, 2.24) is 0 Å². The van der Waals surface area contributed by atoms with E-state index in [0.29, 0.717) is 0 Å². The quantitative estimate of drug-likeness (QED) is 0.398. The third-order valence-corrected chi connectivity index (χ3v) is 8.21. The highest BCUT2D eigenvalue weighted by atomic mass is 15.1. The van der Waals surface area contributed by atoms with Crippen LogP contribution in [-0.4, -0.2) is 0 Å². The molecule has 3 aromatic rings. The van der Waals surface area contributed by atoms with E-state index >= 15 is 0 Å². The van der Waals surface area contributed by atoms with Crippen LogP contribution in [0.2, 0.25) is 0 Å². The minimum absolute atomic E-state index is 0.00777. The van der Waals surface area contributed by atoms with Crippen LogP contribution >= 0.6 is 0 Å². The first-order valence-electron chi connectivity index (χ1n) is 11.8. The SMILES string of the molecule is CCC1(CC)CC2=C(c3cc(-c4ccccc4)cc[n+]31)C(C)(C)c1cc(C)c(C)cc12. The summed E-state index contributed by atoms with van der Waals surface area (Å²) in [6.45, 7) is 14.1. The Morgan fingerprint density at radius 3 is 2.19 bits per heavy atom. The van der Waals surface area contributed by atoms with E-state index in [2.05, 4.69) is 107 Å². The second-order valence-corrected chi connectivity index (χ2v) is 10.1. The molecule has 31 heavy (non-hydrogen) atoms. The Hall–Kier alpha value is -2.67. The standard InChI is InChI=1S/C30H34N/c1-7-30(8-2)19-25-24-16-20(3)21(4)17-26(24)29(5,6)28(25)27-18-23(14-15-31(27)30)22-12-10-9-11-13-22/h9-18H,7-8,19H2,1-6H3/q+1. The molecule has 1 aromatic heterocycles. The fourth-order valence-corrected chi connectivity index (χ4v) is 6.06. The zero-order valence-electron chi connectivity index (χ0n) is 19.8. The summed E-state index contributed by atoms with van der Waals surface area (Å²) in [6.07, 6.45) is 5.77. The van der Waals surface area contributed by atoms with E-state index in [1.165, 1.54) is 44.6 Å². The molecule has 0 saturated carbocycles. The van der Waals surface area contributed by atoms with E-state index in [1.54, 1.807) is 5.57 Å². The molecule has 0 spiro atoms. The molecule has 1 aliphatic heterocycles. The van der Waals surface area contributed by atoms with Crippen LogP contribution in [0.1, 0.15) is 74.9 Å². The first kappa shape index (κ1) is 20.2. The van der Waals surface area contributed by atoms with Gasteiger partial charge in [-0.1, -0.05) is 70.2 Å². The van der Waals surface area contributed by atoms with Gasteiger partial charge in [0.2, 0.25) is 5.69 Å². The molecule has 1 nitrogen and oxygen atoms in total. The topological polar surface area (TPSA) is 3.88 Å². The molecule has 0 amide bonds. The van der Waals surface area contributed by atoms with Gasteiger partial charge < -0.3 is 0 Å². The maximum absolute atomic E-state index is 2.62. The van der Waals surface area contributed by atoms with Gasteiger partial charge in [0, 0.05) is 42.4 Å². The number of allylic oxidation sites excluding steroid dienone is 2. The Morgan fingerprint density at radius 1 is 0.839 bits per heavy atom. The molecule has 0 atom stereocenters. The smallest absolute Gasteiger partial charge is 0.193 e. The van der Waals surface area contributed by atoms with Gasteiger partial charge in [-0.05, 0) is 52.8 Å². The summed E-state index contributed by atoms with van der Waals surface area (Å²) in [5.74, 6) is 0. The zero-order valence-corrected chi connectivity index (χ0v) is 19.8. The molecule has 0 unspecified atom stereocenters. The lowest BCUT2D eigenvalue weighted by molar-refractivity contribution is -0.768. The molecule has 5 rings (SSSR count). The molecule has 158 valence electrons. The van der Waals surface area contributed by atoms with Crippen molar-refractivity contribution in [2.45, 2.75) is 71.8 Å². The first-order chi connectivity index (χ1) is 14.8. The lowest BCUT2D eigenvalue weighted by Gasteiger charge is -2.35. The second-order valence-electron chi connectivity index (χ2n) is 10.1. The molecule has 0 radical (unpaired) electrons. The molecule has 0 N–H and O–H groups in total. The Kier molecular flexibility index (Phi) is 4.52. The van der Waals surface area contributed by atoms with Crippen LogP contribution in [0.3, 0.4) is 0 Å². The molecule has 0 bridgehead atoms. The molecule has 2 aromatic carbocycles. The minimum atomic E-state index is 0.00777. The number of nitrogens with zero attached hydrogens (tertiary/aromatic N) is 1. The molecule has 1 heteroatoms. The Bertz CT molecular complexity index is 1210. The van der Waals surface area contributed by atoms with Crippen LogP contribution in [0.15, 0.2) is 60.8 Å². The summed E-state index contributed by atoms with van der Waals surface area (Å²) in [6, 6.07) is 20.5. The van der Waals surface area contributed by atoms with Crippen LogP contribution in [0, 0.1) is 13.8 Å². The Labute approximate surface area is 187 Å². The summed E-state index contributed by atoms with van der Waals surface area (Å²) < 4.78 is 2.62. The predicted molar refractivity (Wildman–Crippen MR) is 131 cm³/mol. The average Bonchev–Trinajstić information content (AvgIpc) is 2.99. The number of fused-ring (bicyclic) bond motifs is 4. The largest absolute Gasteiger partial charge is 0.210 e. The average molecular weight is 409 g/mol. The first-order valence-corrected chi connectivity index (χ1v) is 11.8. The van der Waals surface area contributed by atoms with E-state index in [0.717, 1.165) is 19.3 Å². The molecule has 0 saturated heterocycles. The third-order valence-electron chi connectivity index (χ3n) is 8.21. The van der Waals surface area contributed by atoms with E-state index in [-0.39, 0.29) is 11.0 Å². The maximum Gasteiger partial charge on any atom is 0.210 e. The van der Waals surface area contributed by atoms with Crippen LogP contribution in [0.5, 0.6) is 0 Å². The number of aryl methyl sites for hydroxylation is 2. The lowest BCUT2D eigenvalue weighted by Crippen LogP contribution is -2.60. The lowest BCUT2D eigenvalue weighted by atomic mass is 9.74. The summed E-state index contributed by atoms with van der Waals surface area (Å²) in [7, 11) is 0. The van der Waals surface area contributed by atoms with Crippen molar-refractivity contribution in [1.29, 1.82) is 0 Å². The Morgan fingerprint density at radius 2 is 1.52 bits per heavy atom. The van der Waals surface area contributed by atoms with Crippen LogP contribution in [0.4, 0.5) is 0 Å². The van der Waals surface area contributed by atoms with Crippen LogP contribution in [-0.2, 0) is 11.0 Å². The predicted octanol–water partition coefficient (Wildman–Crippen LogP) is 7.38. The van der Waals surface area contributed by atoms with Crippen molar-refractivity contribution < 1.29 is 4.57 Å². The number of benzene rings is 2. The monoisotopic (exact) mass is 408 g/mol. The van der Waals surface area contributed by atoms with Crippen LogP contribution in [0.25, 0.3) is 22.3 Å². The van der Waals surface area contributed by atoms with Crippen molar-refractivity contribution in [3.63, 3.8) is 0 Å². The van der Waals surface area contributed by atoms with Gasteiger partial charge in [-0.25, -0.2) is 0 Å². The Balaban J connectivity index is 1.82. The number of hydrogen-bond donors (Lipinski definition) is 0. The molecular formula is C30H34N+. The third kappa shape index (κ3) is 2.79. The van der Waals surface area contributed by atoms with Crippen molar-refractivity contribution in [3.05, 3.63) is 88.7 Å². The van der Waals surface area contributed by atoms with E-state index < -0.39 is 0 Å². The number of pyridine rings is 1.